The molecule has 0 radical (unpaired) electrons. The molecule has 1 saturated heterocycles. The van der Waals surface area contributed by atoms with Crippen molar-refractivity contribution in [3.63, 3.8) is 0 Å². The van der Waals surface area contributed by atoms with Gasteiger partial charge in [0.25, 0.3) is 0 Å². The number of carbonyl (C=O) groups is 1. The summed E-state index contributed by atoms with van der Waals surface area (Å²) in [7, 11) is -3.83. The topological polar surface area (TPSA) is 116 Å². The van der Waals surface area contributed by atoms with Crippen molar-refractivity contribution in [2.45, 2.75) is 10.9 Å². The maximum absolute atomic E-state index is 12.1. The third-order valence-electron chi connectivity index (χ3n) is 3.39. The molecule has 1 fully saturated rings. The molecule has 1 aliphatic heterocycles. The van der Waals surface area contributed by atoms with Crippen molar-refractivity contribution in [1.82, 2.24) is 9.62 Å². The van der Waals surface area contributed by atoms with Crippen LogP contribution in [0, 0.1) is 0 Å². The number of rotatable bonds is 6. The lowest BCUT2D eigenvalue weighted by Gasteiger charge is -2.31. The summed E-state index contributed by atoms with van der Waals surface area (Å²) in [5.74, 6) is -1.13. The molecule has 2 rings (SSSR count). The highest BCUT2D eigenvalue weighted by Crippen LogP contribution is 2.14. The Morgan fingerprint density at radius 2 is 1.86 bits per heavy atom. The number of aliphatic carboxylic acids is 1. The number of benzene rings is 1. The van der Waals surface area contributed by atoms with Crippen LogP contribution in [0.25, 0.3) is 0 Å². The molecule has 9 heteroatoms. The molecule has 0 aromatic heterocycles. The summed E-state index contributed by atoms with van der Waals surface area (Å²) in [5, 5.41) is 18.5. The lowest BCUT2D eigenvalue weighted by Crippen LogP contribution is -2.52. The van der Waals surface area contributed by atoms with Gasteiger partial charge in [-0.2, -0.15) is 0 Å². The number of morpholine rings is 1. The largest absolute Gasteiger partial charge is 0.508 e. The van der Waals surface area contributed by atoms with E-state index in [9.17, 15) is 23.4 Å². The molecule has 0 bridgehead atoms. The Kier molecular flexibility index (Phi) is 5.35. The van der Waals surface area contributed by atoms with E-state index in [2.05, 4.69) is 4.72 Å². The van der Waals surface area contributed by atoms with E-state index >= 15 is 0 Å². The van der Waals surface area contributed by atoms with E-state index in [-0.39, 0.29) is 17.2 Å². The molecular weight excluding hydrogens is 312 g/mol. The standard InChI is InChI=1S/C13H18N2O6S/c16-10-1-3-11(4-2-10)22(19,20)14-9-12(13(17)18)15-5-7-21-8-6-15/h1-4,12,14,16H,5-9H2,(H,17,18). The summed E-state index contributed by atoms with van der Waals surface area (Å²) in [6.07, 6.45) is 0. The van der Waals surface area contributed by atoms with E-state index in [0.29, 0.717) is 26.3 Å². The fourth-order valence-corrected chi connectivity index (χ4v) is 3.20. The smallest absolute Gasteiger partial charge is 0.322 e. The molecule has 1 unspecified atom stereocenters. The summed E-state index contributed by atoms with van der Waals surface area (Å²) in [6, 6.07) is 4.07. The first kappa shape index (κ1) is 16.7. The quantitative estimate of drug-likeness (QED) is 0.641. The number of nitrogens with zero attached hydrogens (tertiary/aromatic N) is 1. The van der Waals surface area contributed by atoms with Crippen LogP contribution in [0.2, 0.25) is 0 Å². The maximum Gasteiger partial charge on any atom is 0.322 e. The van der Waals surface area contributed by atoms with Crippen molar-refractivity contribution in [3.8, 4) is 5.75 Å². The Hall–Kier alpha value is -1.68. The van der Waals surface area contributed by atoms with E-state index in [0.717, 1.165) is 0 Å². The molecule has 0 spiro atoms. The lowest BCUT2D eigenvalue weighted by molar-refractivity contribution is -0.144. The minimum absolute atomic E-state index is 0.0311. The molecule has 22 heavy (non-hydrogen) atoms. The first-order chi connectivity index (χ1) is 10.4. The first-order valence-electron chi connectivity index (χ1n) is 6.73. The highest BCUT2D eigenvalue weighted by molar-refractivity contribution is 7.89. The normalized spacial score (nSPS) is 18.0. The van der Waals surface area contributed by atoms with Gasteiger partial charge in [-0.15, -0.1) is 0 Å². The number of phenols is 1. The zero-order chi connectivity index (χ0) is 16.2. The Balaban J connectivity index is 2.04. The van der Waals surface area contributed by atoms with Crippen molar-refractivity contribution >= 4 is 16.0 Å². The summed E-state index contributed by atoms with van der Waals surface area (Å²) in [4.78, 5) is 13.0. The van der Waals surface area contributed by atoms with Gasteiger partial charge >= 0.3 is 5.97 Å². The predicted octanol–water partition coefficient (Wildman–Crippen LogP) is -0.544. The van der Waals surface area contributed by atoms with Crippen molar-refractivity contribution in [3.05, 3.63) is 24.3 Å². The summed E-state index contributed by atoms with van der Waals surface area (Å²) < 4.78 is 31.7. The van der Waals surface area contributed by atoms with Gasteiger partial charge in [-0.1, -0.05) is 0 Å². The van der Waals surface area contributed by atoms with Gasteiger partial charge in [0.05, 0.1) is 18.1 Å². The van der Waals surface area contributed by atoms with E-state index in [1.54, 1.807) is 4.90 Å². The Bertz CT molecular complexity index is 610. The molecule has 1 aromatic carbocycles. The highest BCUT2D eigenvalue weighted by Gasteiger charge is 2.28. The van der Waals surface area contributed by atoms with E-state index in [1.165, 1.54) is 24.3 Å². The van der Waals surface area contributed by atoms with E-state index < -0.39 is 22.0 Å². The molecule has 1 heterocycles. The number of carboxylic acids is 1. The van der Waals surface area contributed by atoms with Crippen LogP contribution < -0.4 is 4.72 Å². The Morgan fingerprint density at radius 3 is 2.41 bits per heavy atom. The predicted molar refractivity (Wildman–Crippen MR) is 77.1 cm³/mol. The Morgan fingerprint density at radius 1 is 1.27 bits per heavy atom. The molecule has 1 aromatic rings. The van der Waals surface area contributed by atoms with Crippen LogP contribution in [0.5, 0.6) is 5.75 Å². The maximum atomic E-state index is 12.1. The van der Waals surface area contributed by atoms with Crippen LogP contribution in [-0.4, -0.2) is 68.4 Å². The second-order valence-electron chi connectivity index (χ2n) is 4.85. The summed E-state index contributed by atoms with van der Waals surface area (Å²) in [5.41, 5.74) is 0. The molecule has 1 aliphatic rings. The van der Waals surface area contributed by atoms with E-state index in [4.69, 9.17) is 4.74 Å². The minimum Gasteiger partial charge on any atom is -0.508 e. The number of phenolic OH excluding ortho intramolecular Hbond substituents is 1. The molecule has 1 atom stereocenters. The monoisotopic (exact) mass is 330 g/mol. The molecule has 0 aliphatic carbocycles. The third-order valence-corrected chi connectivity index (χ3v) is 4.82. The van der Waals surface area contributed by atoms with Gasteiger partial charge in [0.1, 0.15) is 11.8 Å². The van der Waals surface area contributed by atoms with Crippen LogP contribution in [0.3, 0.4) is 0 Å². The highest BCUT2D eigenvalue weighted by atomic mass is 32.2. The molecule has 0 amide bonds. The number of aromatic hydroxyl groups is 1. The number of carboxylic acid groups (broad SMARTS) is 1. The number of nitrogens with one attached hydrogen (secondary N) is 1. The van der Waals surface area contributed by atoms with Gasteiger partial charge < -0.3 is 14.9 Å². The summed E-state index contributed by atoms with van der Waals surface area (Å²) in [6.45, 7) is 1.50. The van der Waals surface area contributed by atoms with Crippen LogP contribution in [-0.2, 0) is 19.6 Å². The third kappa shape index (κ3) is 4.17. The number of hydrogen-bond acceptors (Lipinski definition) is 6. The average Bonchev–Trinajstić information content (AvgIpc) is 2.48. The number of ether oxygens (including phenoxy) is 1. The van der Waals surface area contributed by atoms with Gasteiger partial charge in [-0.25, -0.2) is 13.1 Å². The average molecular weight is 330 g/mol. The zero-order valence-corrected chi connectivity index (χ0v) is 12.6. The SMILES string of the molecule is O=C(O)C(CNS(=O)(=O)c1ccc(O)cc1)N1CCOCC1. The number of sulfonamides is 1. The minimum atomic E-state index is -3.83. The van der Waals surface area contributed by atoms with Gasteiger partial charge in [-0.05, 0) is 24.3 Å². The van der Waals surface area contributed by atoms with Crippen LogP contribution in [0.15, 0.2) is 29.2 Å². The molecule has 122 valence electrons. The second-order valence-corrected chi connectivity index (χ2v) is 6.62. The van der Waals surface area contributed by atoms with Crippen molar-refractivity contribution < 1.29 is 28.2 Å². The van der Waals surface area contributed by atoms with Crippen molar-refractivity contribution in [2.24, 2.45) is 0 Å². The molecular formula is C13H18N2O6S. The van der Waals surface area contributed by atoms with Gasteiger partial charge in [0.15, 0.2) is 0 Å². The second kappa shape index (κ2) is 7.05. The first-order valence-corrected chi connectivity index (χ1v) is 8.22. The lowest BCUT2D eigenvalue weighted by atomic mass is 10.2. The number of hydrogen-bond donors (Lipinski definition) is 3. The summed E-state index contributed by atoms with van der Waals surface area (Å²) >= 11 is 0. The molecule has 3 N–H and O–H groups in total. The van der Waals surface area contributed by atoms with Crippen LogP contribution >= 0.6 is 0 Å². The van der Waals surface area contributed by atoms with Crippen LogP contribution in [0.1, 0.15) is 0 Å². The van der Waals surface area contributed by atoms with Crippen LogP contribution in [0.4, 0.5) is 0 Å². The molecule has 8 nitrogen and oxygen atoms in total. The van der Waals surface area contributed by atoms with Gasteiger partial charge in [0.2, 0.25) is 10.0 Å². The molecule has 0 saturated carbocycles. The fraction of sp³-hybridized carbons (Fsp3) is 0.462. The van der Waals surface area contributed by atoms with Gasteiger partial charge in [-0.3, -0.25) is 9.69 Å². The Labute approximate surface area is 128 Å². The van der Waals surface area contributed by atoms with Crippen molar-refractivity contribution in [1.29, 1.82) is 0 Å². The zero-order valence-electron chi connectivity index (χ0n) is 11.8. The fourth-order valence-electron chi connectivity index (χ4n) is 2.16. The van der Waals surface area contributed by atoms with E-state index in [1.807, 2.05) is 0 Å². The van der Waals surface area contributed by atoms with Gasteiger partial charge in [0, 0.05) is 19.6 Å². The van der Waals surface area contributed by atoms with Crippen molar-refractivity contribution in [2.75, 3.05) is 32.8 Å².